The Kier molecular flexibility index (Phi) is 3.70. The van der Waals surface area contributed by atoms with Crippen molar-refractivity contribution in [3.8, 4) is 0 Å². The van der Waals surface area contributed by atoms with Gasteiger partial charge in [0.1, 0.15) is 0 Å². The lowest BCUT2D eigenvalue weighted by atomic mass is 9.73. The molecule has 1 amide bonds. The first-order chi connectivity index (χ1) is 12.1. The fraction of sp³-hybridized carbons (Fsp3) is 0.682. The van der Waals surface area contributed by atoms with Gasteiger partial charge < -0.3 is 10.2 Å². The Bertz CT molecular complexity index is 682. The lowest BCUT2D eigenvalue weighted by Gasteiger charge is -2.44. The number of rotatable bonds is 2. The van der Waals surface area contributed by atoms with Crippen molar-refractivity contribution < 1.29 is 6.22 Å². The predicted octanol–water partition coefficient (Wildman–Crippen LogP) is 4.04. The Balaban J connectivity index is 0.00000168. The molecule has 1 saturated heterocycles. The van der Waals surface area contributed by atoms with Gasteiger partial charge in [0, 0.05) is 19.8 Å². The van der Waals surface area contributed by atoms with Gasteiger partial charge in [-0.25, -0.2) is 0 Å². The van der Waals surface area contributed by atoms with E-state index in [4.69, 9.17) is 0 Å². The minimum atomic E-state index is 0. The Morgan fingerprint density at radius 2 is 2.00 bits per heavy atom. The summed E-state index contributed by atoms with van der Waals surface area (Å²) in [5.74, 6) is 2.11. The van der Waals surface area contributed by atoms with Gasteiger partial charge >= 0.3 is 0 Å². The monoisotopic (exact) mass is 340 g/mol. The summed E-state index contributed by atoms with van der Waals surface area (Å²) in [6.45, 7) is 4.13. The molecule has 4 atom stereocenters. The van der Waals surface area contributed by atoms with Crippen LogP contribution in [0.2, 0.25) is 0 Å². The van der Waals surface area contributed by atoms with Gasteiger partial charge in [0.2, 0.25) is 5.91 Å². The van der Waals surface area contributed by atoms with Crippen LogP contribution in [0.1, 0.15) is 70.5 Å². The maximum Gasteiger partial charge on any atom is 0.217 e. The Labute approximate surface area is 152 Å². The van der Waals surface area contributed by atoms with E-state index in [2.05, 4.69) is 34.5 Å². The van der Waals surface area contributed by atoms with Crippen molar-refractivity contribution >= 4 is 5.91 Å². The smallest absolute Gasteiger partial charge is 0.217 e. The fourth-order valence-electron chi connectivity index (χ4n) is 6.68. The topological polar surface area (TPSA) is 32.3 Å². The first kappa shape index (κ1) is 15.9. The van der Waals surface area contributed by atoms with E-state index in [1.165, 1.54) is 62.7 Å². The fourth-order valence-corrected chi connectivity index (χ4v) is 6.68. The van der Waals surface area contributed by atoms with E-state index in [-0.39, 0.29) is 18.8 Å². The largest absolute Gasteiger partial charge is 0.349 e. The molecule has 0 aromatic heterocycles. The summed E-state index contributed by atoms with van der Waals surface area (Å²) in [6, 6.07) is 9.94. The third kappa shape index (κ3) is 2.54. The minimum absolute atomic E-state index is 0. The standard InChI is InChI=1S/C22H30N2O.H2/c1-15(25)23-20-14-22(19-5-3-2-4-18(19)20)8-10-24(11-9-22)21-13-16-6-7-17(21)12-16;/h2-5,16-17,20-21H,6-14H2,1H3,(H,23,25);1H/t16-,17+,20-,21?;/m0./s1. The average Bonchev–Trinajstić information content (AvgIpc) is 3.31. The summed E-state index contributed by atoms with van der Waals surface area (Å²) < 4.78 is 0. The molecule has 2 saturated carbocycles. The summed E-state index contributed by atoms with van der Waals surface area (Å²) >= 11 is 0. The normalized spacial score (nSPS) is 35.9. The van der Waals surface area contributed by atoms with Gasteiger partial charge in [-0.2, -0.15) is 0 Å². The number of piperidine rings is 1. The van der Waals surface area contributed by atoms with Crippen LogP contribution in [0.3, 0.4) is 0 Å². The quantitative estimate of drug-likeness (QED) is 0.881. The average molecular weight is 341 g/mol. The van der Waals surface area contributed by atoms with Gasteiger partial charge in [0.05, 0.1) is 6.04 Å². The molecular formula is C22H32N2O. The number of fused-ring (bicyclic) bond motifs is 4. The summed E-state index contributed by atoms with van der Waals surface area (Å²) in [5.41, 5.74) is 3.17. The number of likely N-dealkylation sites (tertiary alicyclic amines) is 1. The van der Waals surface area contributed by atoms with Gasteiger partial charge in [0.15, 0.2) is 0 Å². The van der Waals surface area contributed by atoms with Crippen LogP contribution in [-0.2, 0) is 10.2 Å². The van der Waals surface area contributed by atoms with Crippen LogP contribution >= 0.6 is 0 Å². The van der Waals surface area contributed by atoms with Gasteiger partial charge in [-0.3, -0.25) is 4.79 Å². The molecule has 25 heavy (non-hydrogen) atoms. The first-order valence-electron chi connectivity index (χ1n) is 10.3. The SMILES string of the molecule is CC(=O)N[C@H]1CC2(CCN(C3C[C@H]4CC[C@@H]3C4)CC2)c2ccccc21.[HH]. The van der Waals surface area contributed by atoms with Crippen molar-refractivity contribution in [2.75, 3.05) is 13.1 Å². The Morgan fingerprint density at radius 3 is 2.68 bits per heavy atom. The lowest BCUT2D eigenvalue weighted by Crippen LogP contribution is -2.48. The molecular weight excluding hydrogens is 308 g/mol. The van der Waals surface area contributed by atoms with E-state index in [9.17, 15) is 4.79 Å². The van der Waals surface area contributed by atoms with Crippen LogP contribution in [0.25, 0.3) is 0 Å². The molecule has 0 radical (unpaired) electrons. The molecule has 1 aromatic rings. The third-order valence-electron chi connectivity index (χ3n) is 7.80. The molecule has 3 heteroatoms. The van der Waals surface area contributed by atoms with E-state index in [0.29, 0.717) is 0 Å². The Morgan fingerprint density at radius 1 is 1.20 bits per heavy atom. The van der Waals surface area contributed by atoms with Crippen LogP contribution < -0.4 is 5.32 Å². The lowest BCUT2D eigenvalue weighted by molar-refractivity contribution is -0.119. The van der Waals surface area contributed by atoms with Crippen LogP contribution in [0.4, 0.5) is 0 Å². The molecule has 1 N–H and O–H groups in total. The van der Waals surface area contributed by atoms with Gasteiger partial charge in [0.25, 0.3) is 0 Å². The minimum Gasteiger partial charge on any atom is -0.349 e. The molecule has 1 unspecified atom stereocenters. The number of amides is 1. The zero-order valence-electron chi connectivity index (χ0n) is 15.3. The van der Waals surface area contributed by atoms with Crippen molar-refractivity contribution in [2.24, 2.45) is 11.8 Å². The van der Waals surface area contributed by atoms with Crippen molar-refractivity contribution in [1.29, 1.82) is 0 Å². The Hall–Kier alpha value is -1.35. The number of hydrogen-bond donors (Lipinski definition) is 1. The predicted molar refractivity (Wildman–Crippen MR) is 101 cm³/mol. The van der Waals surface area contributed by atoms with E-state index in [0.717, 1.165) is 24.3 Å². The van der Waals surface area contributed by atoms with Crippen molar-refractivity contribution in [1.82, 2.24) is 10.2 Å². The van der Waals surface area contributed by atoms with Crippen molar-refractivity contribution in [2.45, 2.75) is 69.4 Å². The van der Waals surface area contributed by atoms with Crippen molar-refractivity contribution in [3.63, 3.8) is 0 Å². The second kappa shape index (κ2) is 5.84. The molecule has 136 valence electrons. The summed E-state index contributed by atoms with van der Waals surface area (Å²) in [7, 11) is 0. The van der Waals surface area contributed by atoms with Crippen LogP contribution in [-0.4, -0.2) is 29.9 Å². The first-order valence-corrected chi connectivity index (χ1v) is 10.3. The van der Waals surface area contributed by atoms with E-state index >= 15 is 0 Å². The zero-order chi connectivity index (χ0) is 17.0. The number of carbonyl (C=O) groups is 1. The molecule has 1 heterocycles. The number of nitrogens with zero attached hydrogens (tertiary/aromatic N) is 1. The highest BCUT2D eigenvalue weighted by atomic mass is 16.1. The summed E-state index contributed by atoms with van der Waals surface area (Å²) in [5, 5.41) is 3.21. The second-order valence-corrected chi connectivity index (χ2v) is 9.10. The molecule has 3 fully saturated rings. The molecule has 2 bridgehead atoms. The summed E-state index contributed by atoms with van der Waals surface area (Å²) in [4.78, 5) is 14.5. The van der Waals surface area contributed by atoms with Gasteiger partial charge in [-0.1, -0.05) is 30.7 Å². The highest BCUT2D eigenvalue weighted by molar-refractivity contribution is 5.73. The maximum atomic E-state index is 11.7. The van der Waals surface area contributed by atoms with E-state index < -0.39 is 0 Å². The molecule has 4 aliphatic rings. The highest BCUT2D eigenvalue weighted by Crippen LogP contribution is 2.53. The second-order valence-electron chi connectivity index (χ2n) is 9.10. The number of benzene rings is 1. The number of carbonyl (C=O) groups excluding carboxylic acids is 1. The van der Waals surface area contributed by atoms with E-state index in [1.54, 1.807) is 6.92 Å². The molecule has 1 aromatic carbocycles. The van der Waals surface area contributed by atoms with E-state index in [1.807, 2.05) is 0 Å². The van der Waals surface area contributed by atoms with Crippen LogP contribution in [0.5, 0.6) is 0 Å². The third-order valence-corrected chi connectivity index (χ3v) is 7.80. The summed E-state index contributed by atoms with van der Waals surface area (Å²) in [6.07, 6.45) is 9.54. The molecule has 1 spiro atoms. The number of nitrogens with one attached hydrogen (secondary N) is 1. The number of hydrogen-bond acceptors (Lipinski definition) is 2. The molecule has 5 rings (SSSR count). The van der Waals surface area contributed by atoms with Gasteiger partial charge in [-0.15, -0.1) is 0 Å². The molecule has 1 aliphatic heterocycles. The van der Waals surface area contributed by atoms with Crippen LogP contribution in [0.15, 0.2) is 24.3 Å². The van der Waals surface area contributed by atoms with Crippen LogP contribution in [0, 0.1) is 11.8 Å². The molecule has 3 nitrogen and oxygen atoms in total. The van der Waals surface area contributed by atoms with Gasteiger partial charge in [-0.05, 0) is 74.6 Å². The zero-order valence-corrected chi connectivity index (χ0v) is 15.3. The highest BCUT2D eigenvalue weighted by Gasteiger charge is 2.48. The molecule has 3 aliphatic carbocycles. The maximum absolute atomic E-state index is 11.7. The van der Waals surface area contributed by atoms with Crippen molar-refractivity contribution in [3.05, 3.63) is 35.4 Å².